The van der Waals surface area contributed by atoms with Crippen LogP contribution >= 0.6 is 0 Å². The van der Waals surface area contributed by atoms with E-state index in [2.05, 4.69) is 10.3 Å². The number of cyclic esters (lactones) is 1. The van der Waals surface area contributed by atoms with Crippen LogP contribution < -0.4 is 31.2 Å². The number of nitrogens with two attached hydrogens (primary N) is 1. The van der Waals surface area contributed by atoms with Gasteiger partial charge in [0.25, 0.3) is 0 Å². The minimum Gasteiger partial charge on any atom is -0.477 e. The molecule has 0 radical (unpaired) electrons. The highest BCUT2D eigenvalue weighted by Crippen LogP contribution is 2.38. The molecule has 1 aliphatic carbocycles. The highest BCUT2D eigenvalue weighted by Gasteiger charge is 2.41. The molecule has 3 saturated heterocycles. The van der Waals surface area contributed by atoms with Crippen molar-refractivity contribution in [2.24, 2.45) is 17.6 Å². The summed E-state index contributed by atoms with van der Waals surface area (Å²) in [4.78, 5) is 73.1. The fourth-order valence-corrected chi connectivity index (χ4v) is 7.22. The normalized spacial score (nSPS) is 22.1. The molecule has 270 valence electrons. The number of anilines is 3. The number of fused-ring (bicyclic) bond motifs is 1. The van der Waals surface area contributed by atoms with Crippen LogP contribution in [0.25, 0.3) is 11.0 Å². The maximum Gasteiger partial charge on any atom is 0.414 e. The topological polar surface area (TPSA) is 184 Å². The van der Waals surface area contributed by atoms with E-state index in [0.29, 0.717) is 37.6 Å². The Bertz CT molecular complexity index is 1980. The summed E-state index contributed by atoms with van der Waals surface area (Å²) in [6, 6.07) is 5.48. The predicted octanol–water partition coefficient (Wildman–Crippen LogP) is 1.53. The Labute approximate surface area is 290 Å². The van der Waals surface area contributed by atoms with E-state index in [1.165, 1.54) is 24.1 Å². The van der Waals surface area contributed by atoms with Gasteiger partial charge < -0.3 is 40.2 Å². The maximum absolute atomic E-state index is 15.6. The Hall–Kier alpha value is -5.32. The van der Waals surface area contributed by atoms with Crippen molar-refractivity contribution in [3.63, 3.8) is 0 Å². The summed E-state index contributed by atoms with van der Waals surface area (Å²) in [7, 11) is 0. The van der Waals surface area contributed by atoms with E-state index < -0.39 is 46.7 Å². The number of halogens is 2. The third-order valence-electron chi connectivity index (χ3n) is 10.1. The summed E-state index contributed by atoms with van der Waals surface area (Å²) in [5.41, 5.74) is 5.72. The van der Waals surface area contributed by atoms with Crippen molar-refractivity contribution in [1.82, 2.24) is 19.8 Å². The number of piperazine rings is 1. The second-order valence-electron chi connectivity index (χ2n) is 13.5. The van der Waals surface area contributed by atoms with Gasteiger partial charge in [0.2, 0.25) is 17.2 Å². The number of hydrogen-bond acceptors (Lipinski definition) is 10. The van der Waals surface area contributed by atoms with Crippen molar-refractivity contribution in [1.29, 1.82) is 0 Å². The fourth-order valence-electron chi connectivity index (χ4n) is 7.22. The van der Waals surface area contributed by atoms with Gasteiger partial charge in [-0.15, -0.1) is 0 Å². The van der Waals surface area contributed by atoms with Crippen LogP contribution in [0.1, 0.15) is 36.2 Å². The molecular formula is C34H38F2N8O7. The first-order valence-electron chi connectivity index (χ1n) is 16.9. The fraction of sp³-hybridized carbons (Fsp3) is 0.471. The summed E-state index contributed by atoms with van der Waals surface area (Å²) in [6.45, 7) is 3.62. The summed E-state index contributed by atoms with van der Waals surface area (Å²) < 4.78 is 37.9. The van der Waals surface area contributed by atoms with Crippen LogP contribution in [-0.4, -0.2) is 108 Å². The van der Waals surface area contributed by atoms with Crippen molar-refractivity contribution in [2.45, 2.75) is 31.9 Å². The monoisotopic (exact) mass is 708 g/mol. The third kappa shape index (κ3) is 6.53. The van der Waals surface area contributed by atoms with Gasteiger partial charge >= 0.3 is 12.1 Å². The van der Waals surface area contributed by atoms with Crippen molar-refractivity contribution < 1.29 is 37.8 Å². The van der Waals surface area contributed by atoms with Gasteiger partial charge in [-0.1, -0.05) is 0 Å². The van der Waals surface area contributed by atoms with Crippen LogP contribution in [0, 0.1) is 23.5 Å². The Morgan fingerprint density at radius 3 is 2.41 bits per heavy atom. The Kier molecular flexibility index (Phi) is 8.99. The molecule has 3 atom stereocenters. The van der Waals surface area contributed by atoms with Crippen LogP contribution in [0.15, 0.2) is 35.3 Å². The Balaban J connectivity index is 1.02. The van der Waals surface area contributed by atoms with Gasteiger partial charge in [-0.25, -0.2) is 23.4 Å². The minimum absolute atomic E-state index is 0.0256. The average molecular weight is 709 g/mol. The molecule has 5 heterocycles. The second-order valence-corrected chi connectivity index (χ2v) is 13.5. The van der Waals surface area contributed by atoms with Gasteiger partial charge in [0.05, 0.1) is 35.8 Å². The van der Waals surface area contributed by atoms with Crippen LogP contribution in [-0.2, 0) is 14.3 Å². The zero-order valence-corrected chi connectivity index (χ0v) is 27.9. The quantitative estimate of drug-likeness (QED) is 0.293. The Morgan fingerprint density at radius 2 is 1.76 bits per heavy atom. The molecule has 2 aromatic heterocycles. The van der Waals surface area contributed by atoms with Crippen LogP contribution in [0.4, 0.5) is 30.8 Å². The number of nitrogens with zero attached hydrogens (tertiary/aromatic N) is 6. The molecule has 3 aliphatic heterocycles. The van der Waals surface area contributed by atoms with Crippen molar-refractivity contribution in [3.8, 4) is 0 Å². The first-order valence-corrected chi connectivity index (χ1v) is 16.9. The molecule has 0 bridgehead atoms. The molecule has 4 fully saturated rings. The number of carbonyl (C=O) groups is 4. The van der Waals surface area contributed by atoms with Crippen molar-refractivity contribution in [3.05, 3.63) is 57.9 Å². The number of carboxylic acid groups (broad SMARTS) is 1. The third-order valence-corrected chi connectivity index (χ3v) is 10.1. The van der Waals surface area contributed by atoms with Crippen LogP contribution in [0.5, 0.6) is 0 Å². The molecule has 0 unspecified atom stereocenters. The van der Waals surface area contributed by atoms with E-state index in [4.69, 9.17) is 10.5 Å². The second kappa shape index (κ2) is 13.4. The number of carboxylic acids is 1. The van der Waals surface area contributed by atoms with Gasteiger partial charge in [0.15, 0.2) is 11.6 Å². The van der Waals surface area contributed by atoms with E-state index >= 15 is 8.78 Å². The molecule has 3 aromatic rings. The van der Waals surface area contributed by atoms with Crippen LogP contribution in [0.3, 0.4) is 0 Å². The SMILES string of the molecule is CC(=O)NC[C@H]1CN(c2ccc(N3CCN(C(=O)[C@@H]4CN(c5nc6c(cc5F)c(=O)c(C(=O)O)cn6C5CC5)C[C@H]4CN)CC3)c(F)c2)C(=O)O1. The molecule has 1 saturated carbocycles. The van der Waals surface area contributed by atoms with Gasteiger partial charge in [-0.05, 0) is 43.7 Å². The molecule has 1 aromatic carbocycles. The number of carbonyl (C=O) groups excluding carboxylic acids is 3. The number of amides is 3. The first-order chi connectivity index (χ1) is 24.4. The molecule has 4 aliphatic rings. The smallest absolute Gasteiger partial charge is 0.414 e. The zero-order valence-electron chi connectivity index (χ0n) is 27.9. The van der Waals surface area contributed by atoms with Crippen molar-refractivity contribution >= 4 is 52.1 Å². The number of hydrogen-bond donors (Lipinski definition) is 3. The highest BCUT2D eigenvalue weighted by molar-refractivity contribution is 5.92. The van der Waals surface area contributed by atoms with E-state index in [-0.39, 0.29) is 73.3 Å². The van der Waals surface area contributed by atoms with E-state index in [9.17, 15) is 29.1 Å². The minimum atomic E-state index is -1.39. The number of aromatic carboxylic acids is 1. The standard InChI is InChI=1S/C34H38F2N8O7/c1-18(45)38-13-22-15-44(34(50)51-22)21-4-5-28(26(35)10-21)40-6-8-41(9-7-40)32(47)24-16-42(14-19(24)12-37)31-27(36)11-23-29(46)25(33(48)49)17-43(20-2-3-20)30(23)39-31/h4-5,10-11,17,19-20,22,24H,2-3,6-9,12-16,37H2,1H3,(H,38,45)(H,48,49)/t19-,22+,24-/m1/s1. The lowest BCUT2D eigenvalue weighted by atomic mass is 9.94. The lowest BCUT2D eigenvalue weighted by molar-refractivity contribution is -0.136. The summed E-state index contributed by atoms with van der Waals surface area (Å²) in [6.07, 6.45) is 1.66. The number of ether oxygens (including phenoxy) is 1. The van der Waals surface area contributed by atoms with Crippen molar-refractivity contribution in [2.75, 3.05) is 73.6 Å². The lowest BCUT2D eigenvalue weighted by Gasteiger charge is -2.38. The molecule has 17 heteroatoms. The first kappa shape index (κ1) is 34.1. The van der Waals surface area contributed by atoms with Gasteiger partial charge in [0.1, 0.15) is 23.1 Å². The largest absolute Gasteiger partial charge is 0.477 e. The molecule has 0 spiro atoms. The number of benzene rings is 1. The summed E-state index contributed by atoms with van der Waals surface area (Å²) in [5.74, 6) is -3.98. The van der Waals surface area contributed by atoms with Gasteiger partial charge in [-0.3, -0.25) is 19.3 Å². The van der Waals surface area contributed by atoms with Gasteiger partial charge in [0, 0.05) is 64.3 Å². The molecule has 3 amide bonds. The maximum atomic E-state index is 15.6. The molecular weight excluding hydrogens is 670 g/mol. The number of aromatic nitrogens is 2. The number of nitrogens with one attached hydrogen (secondary N) is 1. The zero-order chi connectivity index (χ0) is 36.1. The molecule has 4 N–H and O–H groups in total. The highest BCUT2D eigenvalue weighted by atomic mass is 19.1. The van der Waals surface area contributed by atoms with E-state index in [1.54, 1.807) is 26.5 Å². The van der Waals surface area contributed by atoms with E-state index in [1.807, 2.05) is 4.90 Å². The molecule has 51 heavy (non-hydrogen) atoms. The predicted molar refractivity (Wildman–Crippen MR) is 181 cm³/mol. The average Bonchev–Trinajstić information content (AvgIpc) is 3.75. The summed E-state index contributed by atoms with van der Waals surface area (Å²) >= 11 is 0. The Morgan fingerprint density at radius 1 is 1.02 bits per heavy atom. The van der Waals surface area contributed by atoms with Crippen LogP contribution in [0.2, 0.25) is 0 Å². The lowest BCUT2D eigenvalue weighted by Crippen LogP contribution is -2.52. The number of pyridine rings is 2. The van der Waals surface area contributed by atoms with E-state index in [0.717, 1.165) is 18.9 Å². The molecule has 15 nitrogen and oxygen atoms in total. The number of rotatable bonds is 9. The molecule has 7 rings (SSSR count). The summed E-state index contributed by atoms with van der Waals surface area (Å²) in [5, 5.41) is 12.0. The van der Waals surface area contributed by atoms with Gasteiger partial charge in [-0.2, -0.15) is 0 Å².